The molecule has 3 nitrogen and oxygen atoms in total. The summed E-state index contributed by atoms with van der Waals surface area (Å²) in [6.07, 6.45) is 0. The van der Waals surface area contributed by atoms with Gasteiger partial charge in [-0.3, -0.25) is 4.79 Å². The minimum atomic E-state index is -0.446. The number of rotatable bonds is 2. The molecule has 1 heterocycles. The van der Waals surface area contributed by atoms with Crippen LogP contribution in [0.15, 0.2) is 48.5 Å². The summed E-state index contributed by atoms with van der Waals surface area (Å²) in [6.45, 7) is 4.07. The highest BCUT2D eigenvalue weighted by Crippen LogP contribution is 2.38. The van der Waals surface area contributed by atoms with Gasteiger partial charge in [0.25, 0.3) is 0 Å². The fourth-order valence-corrected chi connectivity index (χ4v) is 2.70. The van der Waals surface area contributed by atoms with Crippen LogP contribution >= 0.6 is 0 Å². The molecule has 0 unspecified atom stereocenters. The van der Waals surface area contributed by atoms with E-state index in [0.29, 0.717) is 0 Å². The lowest BCUT2D eigenvalue weighted by atomic mass is 9.88. The van der Waals surface area contributed by atoms with Crippen LogP contribution in [0.1, 0.15) is 22.7 Å². The molecular weight excluding hydrogens is 248 g/mol. The second-order valence-corrected chi connectivity index (χ2v) is 5.43. The lowest BCUT2D eigenvalue weighted by Crippen LogP contribution is -2.63. The second kappa shape index (κ2) is 4.76. The second-order valence-electron chi connectivity index (χ2n) is 5.43. The number of β-lactam (4-membered cyclic amide) rings is 1. The number of carbonyl (C=O) groups excluding carboxylic acids is 1. The molecule has 1 aliphatic heterocycles. The topological polar surface area (TPSA) is 46.3 Å². The van der Waals surface area contributed by atoms with Gasteiger partial charge in [0.1, 0.15) is 6.04 Å². The van der Waals surface area contributed by atoms with Crippen molar-refractivity contribution in [1.29, 1.82) is 0 Å². The molecule has 0 aromatic heterocycles. The van der Waals surface area contributed by atoms with Crippen LogP contribution in [0.25, 0.3) is 0 Å². The van der Waals surface area contributed by atoms with Crippen molar-refractivity contribution in [3.63, 3.8) is 0 Å². The molecule has 0 bridgehead atoms. The molecule has 0 aliphatic carbocycles. The summed E-state index contributed by atoms with van der Waals surface area (Å²) in [6, 6.07) is 15.7. The Morgan fingerprint density at radius 1 is 1.00 bits per heavy atom. The van der Waals surface area contributed by atoms with E-state index in [1.54, 1.807) is 4.90 Å². The van der Waals surface area contributed by atoms with Crippen LogP contribution in [0.3, 0.4) is 0 Å². The first-order chi connectivity index (χ1) is 9.58. The van der Waals surface area contributed by atoms with Crippen LogP contribution in [-0.4, -0.2) is 11.9 Å². The number of nitrogens with zero attached hydrogens (tertiary/aromatic N) is 1. The lowest BCUT2D eigenvalue weighted by Gasteiger charge is -2.45. The van der Waals surface area contributed by atoms with Gasteiger partial charge in [0.15, 0.2) is 0 Å². The van der Waals surface area contributed by atoms with Crippen LogP contribution in [0.5, 0.6) is 0 Å². The zero-order chi connectivity index (χ0) is 14.3. The van der Waals surface area contributed by atoms with E-state index in [2.05, 4.69) is 24.3 Å². The molecule has 2 atom stereocenters. The van der Waals surface area contributed by atoms with Gasteiger partial charge in [0.05, 0.1) is 6.04 Å². The average molecular weight is 266 g/mol. The fourth-order valence-electron chi connectivity index (χ4n) is 2.70. The van der Waals surface area contributed by atoms with Gasteiger partial charge in [-0.25, -0.2) is 0 Å². The first-order valence-corrected chi connectivity index (χ1v) is 6.80. The molecule has 1 saturated heterocycles. The Kier molecular flexibility index (Phi) is 3.07. The third-order valence-electron chi connectivity index (χ3n) is 3.84. The first kappa shape index (κ1) is 12.9. The van der Waals surface area contributed by atoms with Gasteiger partial charge < -0.3 is 10.6 Å². The molecule has 1 fully saturated rings. The minimum Gasteiger partial charge on any atom is -0.318 e. The van der Waals surface area contributed by atoms with Gasteiger partial charge in [-0.05, 0) is 37.1 Å². The molecule has 0 saturated carbocycles. The third-order valence-corrected chi connectivity index (χ3v) is 3.84. The molecule has 0 radical (unpaired) electrons. The maximum atomic E-state index is 12.1. The zero-order valence-corrected chi connectivity index (χ0v) is 11.7. The average Bonchev–Trinajstić information content (AvgIpc) is 2.45. The van der Waals surface area contributed by atoms with Gasteiger partial charge in [0.2, 0.25) is 5.91 Å². The van der Waals surface area contributed by atoms with Crippen molar-refractivity contribution in [2.45, 2.75) is 25.9 Å². The summed E-state index contributed by atoms with van der Waals surface area (Å²) < 4.78 is 0. The van der Waals surface area contributed by atoms with Crippen LogP contribution < -0.4 is 10.6 Å². The Hall–Kier alpha value is -2.13. The van der Waals surface area contributed by atoms with E-state index in [1.165, 1.54) is 5.56 Å². The van der Waals surface area contributed by atoms with E-state index in [-0.39, 0.29) is 11.9 Å². The number of nitrogens with two attached hydrogens (primary N) is 1. The summed E-state index contributed by atoms with van der Waals surface area (Å²) >= 11 is 0. The summed E-state index contributed by atoms with van der Waals surface area (Å²) in [5.74, 6) is -0.0128. The SMILES string of the molecule is Cc1ccc([C@@H]2[C@H](N)C(=O)N2c2cccc(C)c2)cc1. The van der Waals surface area contributed by atoms with Crippen LogP contribution in [0.4, 0.5) is 5.69 Å². The number of anilines is 1. The lowest BCUT2D eigenvalue weighted by molar-refractivity contribution is -0.126. The molecule has 0 spiro atoms. The highest BCUT2D eigenvalue weighted by Gasteiger charge is 2.46. The normalized spacial score (nSPS) is 21.8. The van der Waals surface area contributed by atoms with E-state index in [9.17, 15) is 4.79 Å². The maximum Gasteiger partial charge on any atom is 0.247 e. The Morgan fingerprint density at radius 3 is 2.35 bits per heavy atom. The van der Waals surface area contributed by atoms with Crippen molar-refractivity contribution in [1.82, 2.24) is 0 Å². The molecule has 2 N–H and O–H groups in total. The third kappa shape index (κ3) is 2.00. The molecule has 102 valence electrons. The smallest absolute Gasteiger partial charge is 0.247 e. The summed E-state index contributed by atoms with van der Waals surface area (Å²) in [5.41, 5.74) is 10.4. The predicted octanol–water partition coefficient (Wildman–Crippen LogP) is 2.72. The summed E-state index contributed by atoms with van der Waals surface area (Å²) in [4.78, 5) is 13.9. The molecule has 1 aliphatic rings. The maximum absolute atomic E-state index is 12.1. The van der Waals surface area contributed by atoms with Crippen molar-refractivity contribution in [2.24, 2.45) is 5.73 Å². The zero-order valence-electron chi connectivity index (χ0n) is 11.7. The molecule has 1 amide bonds. The number of benzene rings is 2. The largest absolute Gasteiger partial charge is 0.318 e. The highest BCUT2D eigenvalue weighted by atomic mass is 16.2. The van der Waals surface area contributed by atoms with E-state index in [1.807, 2.05) is 38.1 Å². The molecule has 3 heteroatoms. The van der Waals surface area contributed by atoms with Crippen LogP contribution in [0, 0.1) is 13.8 Å². The first-order valence-electron chi connectivity index (χ1n) is 6.80. The quantitative estimate of drug-likeness (QED) is 0.849. The number of carbonyl (C=O) groups is 1. The van der Waals surface area contributed by atoms with Crippen molar-refractivity contribution < 1.29 is 4.79 Å². The number of amides is 1. The molecular formula is C17H18N2O. The van der Waals surface area contributed by atoms with Crippen LogP contribution in [-0.2, 0) is 4.79 Å². The Morgan fingerprint density at radius 2 is 1.70 bits per heavy atom. The van der Waals surface area contributed by atoms with E-state index in [0.717, 1.165) is 16.8 Å². The Bertz CT molecular complexity index is 648. The predicted molar refractivity (Wildman–Crippen MR) is 80.6 cm³/mol. The Labute approximate surface area is 119 Å². The summed E-state index contributed by atoms with van der Waals surface area (Å²) in [5, 5.41) is 0. The van der Waals surface area contributed by atoms with Crippen molar-refractivity contribution in [2.75, 3.05) is 4.90 Å². The van der Waals surface area contributed by atoms with E-state index >= 15 is 0 Å². The van der Waals surface area contributed by atoms with E-state index < -0.39 is 6.04 Å². The van der Waals surface area contributed by atoms with Crippen molar-refractivity contribution in [3.8, 4) is 0 Å². The molecule has 20 heavy (non-hydrogen) atoms. The van der Waals surface area contributed by atoms with Gasteiger partial charge in [-0.1, -0.05) is 42.0 Å². The minimum absolute atomic E-state index is 0.0128. The highest BCUT2D eigenvalue weighted by molar-refractivity contribution is 6.05. The number of hydrogen-bond donors (Lipinski definition) is 1. The monoisotopic (exact) mass is 266 g/mol. The van der Waals surface area contributed by atoms with Crippen molar-refractivity contribution >= 4 is 11.6 Å². The van der Waals surface area contributed by atoms with E-state index in [4.69, 9.17) is 5.73 Å². The summed E-state index contributed by atoms with van der Waals surface area (Å²) in [7, 11) is 0. The number of aryl methyl sites for hydroxylation is 2. The number of hydrogen-bond acceptors (Lipinski definition) is 2. The van der Waals surface area contributed by atoms with Crippen LogP contribution in [0.2, 0.25) is 0 Å². The molecule has 2 aromatic rings. The van der Waals surface area contributed by atoms with Gasteiger partial charge >= 0.3 is 0 Å². The molecule has 3 rings (SSSR count). The van der Waals surface area contributed by atoms with Gasteiger partial charge in [-0.15, -0.1) is 0 Å². The molecule has 2 aromatic carbocycles. The Balaban J connectivity index is 1.97. The van der Waals surface area contributed by atoms with Gasteiger partial charge in [0, 0.05) is 5.69 Å². The van der Waals surface area contributed by atoms with Gasteiger partial charge in [-0.2, -0.15) is 0 Å². The van der Waals surface area contributed by atoms with Crippen molar-refractivity contribution in [3.05, 3.63) is 65.2 Å². The standard InChI is InChI=1S/C17H18N2O/c1-11-6-8-13(9-7-11)16-15(18)17(20)19(16)14-5-3-4-12(2)10-14/h3-10,15-16H,18H2,1-2H3/t15-,16+/m0/s1. The fraction of sp³-hybridized carbons (Fsp3) is 0.235.